The van der Waals surface area contributed by atoms with Crippen molar-refractivity contribution in [2.45, 2.75) is 66.7 Å². The fourth-order valence-electron chi connectivity index (χ4n) is 4.08. The van der Waals surface area contributed by atoms with Gasteiger partial charge in [0.15, 0.2) is 5.65 Å². The van der Waals surface area contributed by atoms with Crippen molar-refractivity contribution in [3.05, 3.63) is 29.2 Å². The lowest BCUT2D eigenvalue weighted by atomic mass is 9.98. The Morgan fingerprint density at radius 3 is 2.31 bits per heavy atom. The molecule has 0 aliphatic carbocycles. The molecule has 0 aromatic carbocycles. The van der Waals surface area contributed by atoms with Crippen LogP contribution in [0.25, 0.3) is 22.4 Å². The summed E-state index contributed by atoms with van der Waals surface area (Å²) in [7, 11) is 1.96. The normalized spacial score (nSPS) is 11.6. The van der Waals surface area contributed by atoms with E-state index in [0.717, 1.165) is 72.0 Å². The lowest BCUT2D eigenvalue weighted by Gasteiger charge is -2.21. The number of hydrogen-bond acceptors (Lipinski definition) is 5. The van der Waals surface area contributed by atoms with Gasteiger partial charge in [-0.25, -0.2) is 19.6 Å². The van der Waals surface area contributed by atoms with Crippen LogP contribution in [0.15, 0.2) is 12.3 Å². The second-order valence-electron chi connectivity index (χ2n) is 7.58. The van der Waals surface area contributed by atoms with E-state index in [0.29, 0.717) is 5.92 Å². The Hall–Kier alpha value is -2.50. The highest BCUT2D eigenvalue weighted by molar-refractivity contribution is 5.79. The molecular formula is C23H34N6. The molecule has 0 bridgehead atoms. The van der Waals surface area contributed by atoms with E-state index in [1.54, 1.807) is 0 Å². The fourth-order valence-corrected chi connectivity index (χ4v) is 4.08. The van der Waals surface area contributed by atoms with Gasteiger partial charge >= 0.3 is 0 Å². The first-order valence-electron chi connectivity index (χ1n) is 10.9. The molecule has 29 heavy (non-hydrogen) atoms. The molecule has 0 aliphatic heterocycles. The van der Waals surface area contributed by atoms with Crippen molar-refractivity contribution >= 4 is 17.0 Å². The van der Waals surface area contributed by atoms with E-state index in [2.05, 4.69) is 45.6 Å². The van der Waals surface area contributed by atoms with Gasteiger partial charge in [0.1, 0.15) is 11.3 Å². The van der Waals surface area contributed by atoms with Crippen molar-refractivity contribution in [1.29, 1.82) is 0 Å². The Morgan fingerprint density at radius 2 is 1.72 bits per heavy atom. The molecule has 3 rings (SSSR count). The maximum atomic E-state index is 5.02. The van der Waals surface area contributed by atoms with E-state index in [4.69, 9.17) is 20.1 Å². The lowest BCUT2D eigenvalue weighted by molar-refractivity contribution is 0.607. The molecule has 6 heteroatoms. The lowest BCUT2D eigenvalue weighted by Crippen LogP contribution is -2.23. The van der Waals surface area contributed by atoms with Crippen LogP contribution in [0, 0.1) is 6.92 Å². The summed E-state index contributed by atoms with van der Waals surface area (Å²) in [6.07, 6.45) is 5.01. The molecule has 0 fully saturated rings. The first-order valence-corrected chi connectivity index (χ1v) is 10.9. The monoisotopic (exact) mass is 394 g/mol. The van der Waals surface area contributed by atoms with Crippen LogP contribution in [0.5, 0.6) is 0 Å². The smallest absolute Gasteiger partial charge is 0.177 e. The molecule has 0 atom stereocenters. The summed E-state index contributed by atoms with van der Waals surface area (Å²) in [5, 5.41) is 4.78. The molecule has 156 valence electrons. The van der Waals surface area contributed by atoms with Crippen LogP contribution in [0.3, 0.4) is 0 Å². The number of aromatic nitrogens is 5. The Labute approximate surface area is 174 Å². The predicted octanol–water partition coefficient (Wildman–Crippen LogP) is 5.05. The van der Waals surface area contributed by atoms with Crippen LogP contribution in [0.2, 0.25) is 0 Å². The highest BCUT2D eigenvalue weighted by Gasteiger charge is 2.21. The van der Waals surface area contributed by atoms with Gasteiger partial charge < -0.3 is 4.90 Å². The summed E-state index contributed by atoms with van der Waals surface area (Å²) < 4.78 is 1.88. The van der Waals surface area contributed by atoms with Crippen molar-refractivity contribution in [2.24, 2.45) is 7.05 Å². The maximum Gasteiger partial charge on any atom is 0.177 e. The Kier molecular flexibility index (Phi) is 6.50. The van der Waals surface area contributed by atoms with Crippen LogP contribution in [0.4, 0.5) is 5.82 Å². The quantitative estimate of drug-likeness (QED) is 0.535. The van der Waals surface area contributed by atoms with Gasteiger partial charge in [0.05, 0.1) is 17.1 Å². The number of fused-ring (bicyclic) bond motifs is 1. The van der Waals surface area contributed by atoms with Crippen molar-refractivity contribution in [2.75, 3.05) is 18.0 Å². The molecule has 0 spiro atoms. The highest BCUT2D eigenvalue weighted by atomic mass is 15.3. The third-order valence-corrected chi connectivity index (χ3v) is 5.93. The maximum absolute atomic E-state index is 5.02. The van der Waals surface area contributed by atoms with E-state index in [1.165, 1.54) is 5.56 Å². The molecule has 3 aromatic rings. The molecule has 0 saturated heterocycles. The molecule has 0 N–H and O–H groups in total. The van der Waals surface area contributed by atoms with Crippen molar-refractivity contribution in [3.63, 3.8) is 0 Å². The van der Waals surface area contributed by atoms with Gasteiger partial charge in [0.2, 0.25) is 0 Å². The van der Waals surface area contributed by atoms with Crippen LogP contribution < -0.4 is 4.90 Å². The fraction of sp³-hybridized carbons (Fsp3) is 0.565. The summed E-state index contributed by atoms with van der Waals surface area (Å²) in [6.45, 7) is 14.9. The number of rotatable bonds is 8. The zero-order valence-corrected chi connectivity index (χ0v) is 19.0. The molecule has 3 aromatic heterocycles. The molecular weight excluding hydrogens is 360 g/mol. The zero-order valence-electron chi connectivity index (χ0n) is 19.0. The first kappa shape index (κ1) is 21.2. The number of nitrogens with zero attached hydrogens (tertiary/aromatic N) is 6. The molecule has 3 heterocycles. The number of hydrogen-bond donors (Lipinski definition) is 0. The van der Waals surface area contributed by atoms with E-state index >= 15 is 0 Å². The van der Waals surface area contributed by atoms with Gasteiger partial charge in [-0.3, -0.25) is 0 Å². The van der Waals surface area contributed by atoms with E-state index in [9.17, 15) is 0 Å². The highest BCUT2D eigenvalue weighted by Crippen LogP contribution is 2.32. The minimum absolute atomic E-state index is 0.416. The number of aryl methyl sites for hydroxylation is 3. The predicted molar refractivity (Wildman–Crippen MR) is 121 cm³/mol. The van der Waals surface area contributed by atoms with Gasteiger partial charge in [0, 0.05) is 37.8 Å². The minimum Gasteiger partial charge on any atom is -0.357 e. The Morgan fingerprint density at radius 1 is 1.03 bits per heavy atom. The summed E-state index contributed by atoms with van der Waals surface area (Å²) >= 11 is 0. The Bertz CT molecular complexity index is 983. The average Bonchev–Trinajstić information content (AvgIpc) is 3.04. The Balaban J connectivity index is 2.15. The summed E-state index contributed by atoms with van der Waals surface area (Å²) in [5.41, 5.74) is 7.02. The molecule has 0 saturated carbocycles. The average molecular weight is 395 g/mol. The summed E-state index contributed by atoms with van der Waals surface area (Å²) in [4.78, 5) is 17.0. The third kappa shape index (κ3) is 3.85. The number of anilines is 1. The molecule has 0 aliphatic rings. The molecule has 6 nitrogen and oxygen atoms in total. The van der Waals surface area contributed by atoms with Gasteiger partial charge in [-0.15, -0.1) is 0 Å². The zero-order chi connectivity index (χ0) is 21.1. The largest absolute Gasteiger partial charge is 0.357 e. The first-order chi connectivity index (χ1) is 14.0. The van der Waals surface area contributed by atoms with Crippen molar-refractivity contribution < 1.29 is 0 Å². The van der Waals surface area contributed by atoms with Gasteiger partial charge in [-0.1, -0.05) is 20.8 Å². The van der Waals surface area contributed by atoms with E-state index in [-0.39, 0.29) is 0 Å². The molecule has 0 amide bonds. The second-order valence-corrected chi connectivity index (χ2v) is 7.58. The summed E-state index contributed by atoms with van der Waals surface area (Å²) in [6, 6.07) is 2.20. The van der Waals surface area contributed by atoms with Crippen molar-refractivity contribution in [3.8, 4) is 11.3 Å². The van der Waals surface area contributed by atoms with Crippen molar-refractivity contribution in [1.82, 2.24) is 24.7 Å². The molecule has 0 unspecified atom stereocenters. The van der Waals surface area contributed by atoms with Crippen LogP contribution >= 0.6 is 0 Å². The van der Waals surface area contributed by atoms with E-state index < -0.39 is 0 Å². The molecule has 0 radical (unpaired) electrons. The van der Waals surface area contributed by atoms with Gasteiger partial charge in [-0.05, 0) is 51.7 Å². The van der Waals surface area contributed by atoms with Gasteiger partial charge in [-0.2, -0.15) is 5.10 Å². The topological polar surface area (TPSA) is 59.7 Å². The standard InChI is InChI=1S/C23H34N6/c1-8-16(9-2)21-22-23(28(7)27-21)26-20(15(6)25-22)18-14-24-19(13-17(18)10-3)29(11-4)12-5/h13-14,16H,8-12H2,1-7H3. The van der Waals surface area contributed by atoms with E-state index in [1.807, 2.05) is 24.9 Å². The minimum atomic E-state index is 0.416. The van der Waals surface area contributed by atoms with Crippen LogP contribution in [-0.2, 0) is 13.5 Å². The van der Waals surface area contributed by atoms with Crippen LogP contribution in [0.1, 0.15) is 70.3 Å². The summed E-state index contributed by atoms with van der Waals surface area (Å²) in [5.74, 6) is 1.44. The third-order valence-electron chi connectivity index (χ3n) is 5.93. The number of pyridine rings is 1. The SMILES string of the molecule is CCc1cc(N(CC)CC)ncc1-c1nc2c(nc1C)c(C(CC)CC)nn2C. The van der Waals surface area contributed by atoms with Crippen LogP contribution in [-0.4, -0.2) is 37.8 Å². The second kappa shape index (κ2) is 8.89. The van der Waals surface area contributed by atoms with Gasteiger partial charge in [0.25, 0.3) is 0 Å².